The van der Waals surface area contributed by atoms with E-state index in [1.165, 1.54) is 7.11 Å². The normalized spacial score (nSPS) is 29.3. The molecule has 13 heavy (non-hydrogen) atoms. The average Bonchev–Trinajstić information content (AvgIpc) is 2.62. The molecule has 0 saturated heterocycles. The van der Waals surface area contributed by atoms with E-state index in [9.17, 15) is 4.79 Å². The molecule has 0 radical (unpaired) electrons. The molecule has 72 valence electrons. The van der Waals surface area contributed by atoms with Crippen molar-refractivity contribution in [3.05, 3.63) is 0 Å². The predicted octanol–water partition coefficient (Wildman–Crippen LogP) is 0.427. The largest absolute Gasteiger partial charge is 0.468 e. The average molecular weight is 182 g/mol. The summed E-state index contributed by atoms with van der Waals surface area (Å²) < 4.78 is 4.54. The highest BCUT2D eigenvalue weighted by atomic mass is 16.5. The van der Waals surface area contributed by atoms with Crippen molar-refractivity contribution in [3.63, 3.8) is 0 Å². The van der Waals surface area contributed by atoms with Gasteiger partial charge in [0.25, 0.3) is 0 Å². The van der Waals surface area contributed by atoms with Gasteiger partial charge in [-0.25, -0.2) is 0 Å². The van der Waals surface area contributed by atoms with Gasteiger partial charge in [-0.3, -0.25) is 4.79 Å². The summed E-state index contributed by atoms with van der Waals surface area (Å²) in [6, 6.07) is 1.56. The lowest BCUT2D eigenvalue weighted by Gasteiger charge is -2.18. The van der Waals surface area contributed by atoms with Crippen LogP contribution in [-0.2, 0) is 9.53 Å². The molecule has 0 aromatic rings. The van der Waals surface area contributed by atoms with Crippen LogP contribution in [0.3, 0.4) is 0 Å². The van der Waals surface area contributed by atoms with Gasteiger partial charge < -0.3 is 10.5 Å². The van der Waals surface area contributed by atoms with Crippen molar-refractivity contribution in [1.82, 2.24) is 0 Å². The van der Waals surface area contributed by atoms with Gasteiger partial charge in [-0.15, -0.1) is 0 Å². The third-order valence-electron chi connectivity index (χ3n) is 2.67. The second kappa shape index (κ2) is 4.24. The van der Waals surface area contributed by atoms with Gasteiger partial charge in [-0.1, -0.05) is 6.42 Å². The fourth-order valence-electron chi connectivity index (χ4n) is 1.89. The molecule has 1 saturated carbocycles. The van der Waals surface area contributed by atoms with Crippen molar-refractivity contribution in [3.8, 4) is 6.07 Å². The van der Waals surface area contributed by atoms with Crippen molar-refractivity contribution in [2.45, 2.75) is 25.3 Å². The first-order valence-corrected chi connectivity index (χ1v) is 4.43. The van der Waals surface area contributed by atoms with Crippen molar-refractivity contribution < 1.29 is 9.53 Å². The van der Waals surface area contributed by atoms with Crippen LogP contribution in [0.2, 0.25) is 0 Å². The summed E-state index contributed by atoms with van der Waals surface area (Å²) in [7, 11) is 1.32. The molecule has 1 aliphatic rings. The van der Waals surface area contributed by atoms with E-state index >= 15 is 0 Å². The van der Waals surface area contributed by atoms with Crippen molar-refractivity contribution in [2.75, 3.05) is 7.11 Å². The summed E-state index contributed by atoms with van der Waals surface area (Å²) in [5.41, 5.74) is 5.67. The maximum atomic E-state index is 11.1. The summed E-state index contributed by atoms with van der Waals surface area (Å²) in [6.07, 6.45) is 2.69. The molecule has 0 aliphatic heterocycles. The number of hydrogen-bond acceptors (Lipinski definition) is 4. The van der Waals surface area contributed by atoms with Crippen LogP contribution in [0, 0.1) is 23.2 Å². The Balaban J connectivity index is 2.61. The number of methoxy groups -OCH3 is 1. The lowest BCUT2D eigenvalue weighted by molar-refractivity contribution is -0.143. The van der Waals surface area contributed by atoms with Crippen molar-refractivity contribution >= 4 is 5.97 Å². The van der Waals surface area contributed by atoms with E-state index in [2.05, 4.69) is 10.8 Å². The Labute approximate surface area is 77.7 Å². The van der Waals surface area contributed by atoms with Gasteiger partial charge >= 0.3 is 5.97 Å². The van der Waals surface area contributed by atoms with Gasteiger partial charge in [-0.2, -0.15) is 5.26 Å². The lowest BCUT2D eigenvalue weighted by atomic mass is 9.90. The first-order valence-electron chi connectivity index (χ1n) is 4.43. The Kier molecular flexibility index (Phi) is 3.26. The number of nitrogens with two attached hydrogens (primary N) is 1. The number of ether oxygens (including phenoxy) is 1. The third-order valence-corrected chi connectivity index (χ3v) is 2.67. The van der Waals surface area contributed by atoms with Crippen molar-refractivity contribution in [1.29, 1.82) is 5.26 Å². The highest BCUT2D eigenvalue weighted by Crippen LogP contribution is 2.33. The highest BCUT2D eigenvalue weighted by Gasteiger charge is 2.35. The van der Waals surface area contributed by atoms with Crippen LogP contribution in [0.1, 0.15) is 19.3 Å². The summed E-state index contributed by atoms with van der Waals surface area (Å²) in [5.74, 6) is -0.501. The Morgan fingerprint density at radius 3 is 2.92 bits per heavy atom. The van der Waals surface area contributed by atoms with E-state index in [0.717, 1.165) is 19.3 Å². The zero-order valence-electron chi connectivity index (χ0n) is 7.69. The number of carbonyl (C=O) groups is 1. The molecule has 3 atom stereocenters. The zero-order chi connectivity index (χ0) is 9.84. The number of carbonyl (C=O) groups excluding carboxylic acids is 1. The molecule has 3 unspecified atom stereocenters. The Morgan fingerprint density at radius 1 is 1.69 bits per heavy atom. The smallest absolute Gasteiger partial charge is 0.322 e. The second-order valence-corrected chi connectivity index (χ2v) is 3.38. The molecule has 0 amide bonds. The molecule has 0 heterocycles. The lowest BCUT2D eigenvalue weighted by Crippen LogP contribution is -2.40. The van der Waals surface area contributed by atoms with Gasteiger partial charge in [0.1, 0.15) is 6.04 Å². The quantitative estimate of drug-likeness (QED) is 0.628. The number of hydrogen-bond donors (Lipinski definition) is 1. The maximum Gasteiger partial charge on any atom is 0.322 e. The van der Waals surface area contributed by atoms with Crippen LogP contribution in [0.15, 0.2) is 0 Å². The van der Waals surface area contributed by atoms with E-state index < -0.39 is 12.0 Å². The topological polar surface area (TPSA) is 76.1 Å². The van der Waals surface area contributed by atoms with E-state index in [4.69, 9.17) is 11.0 Å². The fraction of sp³-hybridized carbons (Fsp3) is 0.778. The fourth-order valence-corrected chi connectivity index (χ4v) is 1.89. The Bertz CT molecular complexity index is 234. The molecular weight excluding hydrogens is 168 g/mol. The van der Waals surface area contributed by atoms with Gasteiger partial charge in [0, 0.05) is 5.92 Å². The summed E-state index contributed by atoms with van der Waals surface area (Å²) in [6.45, 7) is 0. The van der Waals surface area contributed by atoms with Gasteiger partial charge in [-0.05, 0) is 12.8 Å². The molecule has 2 N–H and O–H groups in total. The van der Waals surface area contributed by atoms with E-state index in [1.807, 2.05) is 0 Å². The molecule has 1 fully saturated rings. The molecule has 0 aromatic carbocycles. The van der Waals surface area contributed by atoms with Crippen LogP contribution in [-0.4, -0.2) is 19.1 Å². The van der Waals surface area contributed by atoms with Crippen LogP contribution in [0.4, 0.5) is 0 Å². The SMILES string of the molecule is COC(=O)C(N)C1CCCC1C#N. The van der Waals surface area contributed by atoms with Gasteiger partial charge in [0.15, 0.2) is 0 Å². The standard InChI is InChI=1S/C9H14N2O2/c1-13-9(12)8(11)7-4-2-3-6(7)5-10/h6-8H,2-4,11H2,1H3. The second-order valence-electron chi connectivity index (χ2n) is 3.38. The van der Waals surface area contributed by atoms with E-state index in [-0.39, 0.29) is 11.8 Å². The monoisotopic (exact) mass is 182 g/mol. The van der Waals surface area contributed by atoms with Crippen molar-refractivity contribution in [2.24, 2.45) is 17.6 Å². The highest BCUT2D eigenvalue weighted by molar-refractivity contribution is 5.75. The Hall–Kier alpha value is -1.08. The Morgan fingerprint density at radius 2 is 2.38 bits per heavy atom. The minimum absolute atomic E-state index is 0.0163. The van der Waals surface area contributed by atoms with Gasteiger partial charge in [0.2, 0.25) is 0 Å². The molecule has 1 aliphatic carbocycles. The molecule has 4 heteroatoms. The molecule has 0 aromatic heterocycles. The van der Waals surface area contributed by atoms with E-state index in [1.54, 1.807) is 0 Å². The summed E-state index contributed by atoms with van der Waals surface area (Å²) in [5, 5.41) is 8.78. The molecule has 4 nitrogen and oxygen atoms in total. The predicted molar refractivity (Wildman–Crippen MR) is 46.4 cm³/mol. The van der Waals surface area contributed by atoms with Crippen LogP contribution in [0.25, 0.3) is 0 Å². The summed E-state index contributed by atoms with van der Waals surface area (Å²) >= 11 is 0. The van der Waals surface area contributed by atoms with Crippen LogP contribution in [0.5, 0.6) is 0 Å². The molecule has 0 spiro atoms. The zero-order valence-corrected chi connectivity index (χ0v) is 7.69. The first-order chi connectivity index (χ1) is 6.20. The number of rotatable bonds is 2. The molecule has 0 bridgehead atoms. The molecule has 1 rings (SSSR count). The maximum absolute atomic E-state index is 11.1. The first kappa shape index (κ1) is 10.0. The summed E-state index contributed by atoms with van der Waals surface area (Å²) in [4.78, 5) is 11.1. The van der Waals surface area contributed by atoms with Gasteiger partial charge in [0.05, 0.1) is 19.1 Å². The number of esters is 1. The third kappa shape index (κ3) is 1.99. The van der Waals surface area contributed by atoms with Crippen LogP contribution >= 0.6 is 0 Å². The minimum atomic E-state index is -0.628. The molecular formula is C9H14N2O2. The minimum Gasteiger partial charge on any atom is -0.468 e. The van der Waals surface area contributed by atoms with E-state index in [0.29, 0.717) is 0 Å². The number of nitriles is 1. The van der Waals surface area contributed by atoms with Crippen LogP contribution < -0.4 is 5.73 Å². The number of nitrogens with zero attached hydrogens (tertiary/aromatic N) is 1.